The Bertz CT molecular complexity index is 942. The third-order valence-electron chi connectivity index (χ3n) is 5.38. The molecule has 1 fully saturated rings. The van der Waals surface area contributed by atoms with Crippen molar-refractivity contribution in [2.24, 2.45) is 11.7 Å². The lowest BCUT2D eigenvalue weighted by Crippen LogP contribution is -2.43. The fourth-order valence-corrected chi connectivity index (χ4v) is 3.78. The van der Waals surface area contributed by atoms with Crippen LogP contribution in [-0.4, -0.2) is 62.2 Å². The highest BCUT2D eigenvalue weighted by atomic mass is 35.5. The van der Waals surface area contributed by atoms with Crippen molar-refractivity contribution in [1.82, 2.24) is 30.2 Å². The molecule has 0 atom stereocenters. The Labute approximate surface area is 181 Å². The van der Waals surface area contributed by atoms with Gasteiger partial charge in [0.1, 0.15) is 0 Å². The number of halogens is 1. The van der Waals surface area contributed by atoms with E-state index in [4.69, 9.17) is 5.73 Å². The van der Waals surface area contributed by atoms with E-state index in [1.807, 2.05) is 35.2 Å². The fraction of sp³-hybridized carbons (Fsp3) is 0.450. The Hall–Kier alpha value is -2.78. The van der Waals surface area contributed by atoms with Gasteiger partial charge in [-0.25, -0.2) is 0 Å². The molecule has 4 rings (SSSR count). The molecule has 30 heavy (non-hydrogen) atoms. The van der Waals surface area contributed by atoms with Gasteiger partial charge < -0.3 is 15.5 Å². The fourth-order valence-electron chi connectivity index (χ4n) is 3.78. The number of rotatable bonds is 7. The summed E-state index contributed by atoms with van der Waals surface area (Å²) in [7, 11) is 0. The predicted octanol–water partition coefficient (Wildman–Crippen LogP) is 1.54. The molecule has 160 valence electrons. The number of hydrogen-bond acceptors (Lipinski definition) is 7. The largest absolute Gasteiger partial charge is 0.355 e. The van der Waals surface area contributed by atoms with Crippen LogP contribution in [-0.2, 0) is 11.3 Å². The molecule has 2 N–H and O–H groups in total. The molecule has 10 heteroatoms. The third-order valence-corrected chi connectivity index (χ3v) is 5.38. The summed E-state index contributed by atoms with van der Waals surface area (Å²) in [6, 6.07) is 13.9. The number of amides is 1. The first-order chi connectivity index (χ1) is 14.2. The average Bonchev–Trinajstić information content (AvgIpc) is 3.25. The summed E-state index contributed by atoms with van der Waals surface area (Å²) in [6.45, 7) is 3.49. The second-order valence-electron chi connectivity index (χ2n) is 7.37. The number of fused-ring (bicyclic) bond motifs is 1. The molecule has 1 saturated heterocycles. The van der Waals surface area contributed by atoms with Crippen molar-refractivity contribution in [3.63, 3.8) is 0 Å². The number of carbonyl (C=O) groups is 1. The van der Waals surface area contributed by atoms with Crippen molar-refractivity contribution in [3.8, 4) is 0 Å². The van der Waals surface area contributed by atoms with Crippen LogP contribution in [0.15, 0.2) is 42.5 Å². The monoisotopic (exact) mass is 430 g/mol. The van der Waals surface area contributed by atoms with Crippen LogP contribution < -0.4 is 10.6 Å². The van der Waals surface area contributed by atoms with E-state index in [0.29, 0.717) is 25.3 Å². The number of hydrogen-bond donors (Lipinski definition) is 1. The summed E-state index contributed by atoms with van der Waals surface area (Å²) in [4.78, 5) is 17.4. The molecule has 1 aromatic carbocycles. The molecule has 1 aliphatic rings. The normalized spacial score (nSPS) is 14.5. The van der Waals surface area contributed by atoms with E-state index in [-0.39, 0.29) is 24.2 Å². The predicted molar refractivity (Wildman–Crippen MR) is 116 cm³/mol. The molecule has 0 spiro atoms. The van der Waals surface area contributed by atoms with Crippen molar-refractivity contribution < 1.29 is 4.79 Å². The van der Waals surface area contributed by atoms with Gasteiger partial charge in [-0.05, 0) is 53.9 Å². The Balaban J connectivity index is 0.00000256. The second kappa shape index (κ2) is 10.3. The summed E-state index contributed by atoms with van der Waals surface area (Å²) in [6.07, 6.45) is 2.43. The van der Waals surface area contributed by atoms with Crippen LogP contribution >= 0.6 is 12.4 Å². The number of anilines is 1. The maximum atomic E-state index is 13.2. The standard InChI is InChI=1S/C20H26N8O.ClH/c21-11-4-12-27(15-16-5-2-1-3-6-16)20(29)17-9-13-26(14-10-17)19-8-7-18-22-24-25-28(18)23-19;/h1-3,5-8,17H,4,9-15,21H2;1H. The molecule has 1 aliphatic heterocycles. The SMILES string of the molecule is Cl.NCCCN(Cc1ccccc1)C(=O)C1CCN(c2ccc3nnnn3n2)CC1. The van der Waals surface area contributed by atoms with E-state index in [0.717, 1.165) is 43.7 Å². The Morgan fingerprint density at radius 2 is 1.90 bits per heavy atom. The first-order valence-electron chi connectivity index (χ1n) is 10.1. The third kappa shape index (κ3) is 5.03. The van der Waals surface area contributed by atoms with Crippen molar-refractivity contribution in [1.29, 1.82) is 0 Å². The minimum atomic E-state index is 0. The van der Waals surface area contributed by atoms with Crippen molar-refractivity contribution in [3.05, 3.63) is 48.0 Å². The number of benzene rings is 1. The van der Waals surface area contributed by atoms with E-state index >= 15 is 0 Å². The van der Waals surface area contributed by atoms with Gasteiger partial charge in [-0.2, -0.15) is 0 Å². The van der Waals surface area contributed by atoms with Crippen LogP contribution in [0.2, 0.25) is 0 Å². The summed E-state index contributed by atoms with van der Waals surface area (Å²) in [5, 5.41) is 15.8. The average molecular weight is 431 g/mol. The molecule has 3 aromatic rings. The molecule has 0 saturated carbocycles. The number of piperidine rings is 1. The molecule has 0 unspecified atom stereocenters. The highest BCUT2D eigenvalue weighted by Gasteiger charge is 2.29. The van der Waals surface area contributed by atoms with Gasteiger partial charge in [-0.1, -0.05) is 30.3 Å². The van der Waals surface area contributed by atoms with Gasteiger partial charge in [0.05, 0.1) is 0 Å². The Morgan fingerprint density at radius 1 is 1.13 bits per heavy atom. The van der Waals surface area contributed by atoms with E-state index in [2.05, 4.69) is 37.7 Å². The zero-order valence-corrected chi connectivity index (χ0v) is 17.6. The van der Waals surface area contributed by atoms with Gasteiger partial charge in [-0.15, -0.1) is 27.2 Å². The van der Waals surface area contributed by atoms with Crippen molar-refractivity contribution >= 4 is 29.8 Å². The maximum absolute atomic E-state index is 13.2. The van der Waals surface area contributed by atoms with Gasteiger partial charge in [-0.3, -0.25) is 4.79 Å². The van der Waals surface area contributed by atoms with E-state index in [9.17, 15) is 4.79 Å². The maximum Gasteiger partial charge on any atom is 0.226 e. The smallest absolute Gasteiger partial charge is 0.226 e. The lowest BCUT2D eigenvalue weighted by atomic mass is 9.95. The van der Waals surface area contributed by atoms with Crippen molar-refractivity contribution in [2.45, 2.75) is 25.8 Å². The molecule has 0 radical (unpaired) electrons. The van der Waals surface area contributed by atoms with Crippen LogP contribution in [0.4, 0.5) is 5.82 Å². The zero-order chi connectivity index (χ0) is 20.1. The molecule has 2 aromatic heterocycles. The number of nitrogens with zero attached hydrogens (tertiary/aromatic N) is 7. The lowest BCUT2D eigenvalue weighted by Gasteiger charge is -2.34. The highest BCUT2D eigenvalue weighted by Crippen LogP contribution is 2.24. The molecule has 0 aliphatic carbocycles. The van der Waals surface area contributed by atoms with Gasteiger partial charge in [0.2, 0.25) is 5.91 Å². The molecule has 3 heterocycles. The van der Waals surface area contributed by atoms with Crippen LogP contribution in [0.3, 0.4) is 0 Å². The quantitative estimate of drug-likeness (QED) is 0.605. The molecule has 0 bridgehead atoms. The van der Waals surface area contributed by atoms with Gasteiger partial charge in [0, 0.05) is 32.1 Å². The zero-order valence-electron chi connectivity index (χ0n) is 16.8. The van der Waals surface area contributed by atoms with E-state index < -0.39 is 0 Å². The lowest BCUT2D eigenvalue weighted by molar-refractivity contribution is -0.136. The number of tetrazole rings is 1. The summed E-state index contributed by atoms with van der Waals surface area (Å²) in [5.74, 6) is 1.09. The topological polar surface area (TPSA) is 106 Å². The van der Waals surface area contributed by atoms with Crippen LogP contribution in [0.25, 0.3) is 5.65 Å². The Kier molecular flexibility index (Phi) is 7.53. The Morgan fingerprint density at radius 3 is 2.63 bits per heavy atom. The molecule has 9 nitrogen and oxygen atoms in total. The molecule has 1 amide bonds. The van der Waals surface area contributed by atoms with Crippen LogP contribution in [0.5, 0.6) is 0 Å². The summed E-state index contributed by atoms with van der Waals surface area (Å²) < 4.78 is 1.43. The summed E-state index contributed by atoms with van der Waals surface area (Å²) in [5.41, 5.74) is 7.46. The highest BCUT2D eigenvalue weighted by molar-refractivity contribution is 5.85. The summed E-state index contributed by atoms with van der Waals surface area (Å²) >= 11 is 0. The van der Waals surface area contributed by atoms with Gasteiger partial charge in [0.25, 0.3) is 0 Å². The number of carbonyl (C=O) groups excluding carboxylic acids is 1. The van der Waals surface area contributed by atoms with Crippen LogP contribution in [0, 0.1) is 5.92 Å². The minimum absolute atomic E-state index is 0. The number of aromatic nitrogens is 5. The first-order valence-corrected chi connectivity index (χ1v) is 10.1. The van der Waals surface area contributed by atoms with Gasteiger partial charge >= 0.3 is 0 Å². The van der Waals surface area contributed by atoms with Gasteiger partial charge in [0.15, 0.2) is 11.5 Å². The van der Waals surface area contributed by atoms with Crippen LogP contribution in [0.1, 0.15) is 24.8 Å². The molecular formula is C20H27ClN8O. The first kappa shape index (κ1) is 21.9. The minimum Gasteiger partial charge on any atom is -0.355 e. The van der Waals surface area contributed by atoms with E-state index in [1.54, 1.807) is 0 Å². The second-order valence-corrected chi connectivity index (χ2v) is 7.37. The van der Waals surface area contributed by atoms with E-state index in [1.165, 1.54) is 4.63 Å². The number of nitrogens with two attached hydrogens (primary N) is 1. The molecular weight excluding hydrogens is 404 g/mol. The van der Waals surface area contributed by atoms with Crippen molar-refractivity contribution in [2.75, 3.05) is 31.1 Å².